The van der Waals surface area contributed by atoms with Crippen molar-refractivity contribution in [1.82, 2.24) is 0 Å². The minimum atomic E-state index is -0.438. The highest BCUT2D eigenvalue weighted by Gasteiger charge is 2.11. The van der Waals surface area contributed by atoms with Gasteiger partial charge in [0.25, 0.3) is 5.69 Å². The van der Waals surface area contributed by atoms with Crippen molar-refractivity contribution >= 4 is 33.0 Å². The number of hydrogen-bond donors (Lipinski definition) is 1. The van der Waals surface area contributed by atoms with Crippen LogP contribution in [-0.4, -0.2) is 10.6 Å². The molecule has 5 nitrogen and oxygen atoms in total. The maximum Gasteiger partial charge on any atom is 0.294 e. The molecule has 0 aliphatic carbocycles. The van der Waals surface area contributed by atoms with Crippen molar-refractivity contribution in [3.8, 4) is 0 Å². The summed E-state index contributed by atoms with van der Waals surface area (Å²) in [6.45, 7) is 1.84. The Hall–Kier alpha value is -2.21. The highest BCUT2D eigenvalue weighted by atomic mass is 79.9. The second kappa shape index (κ2) is 6.29. The second-order valence-electron chi connectivity index (χ2n) is 4.09. The van der Waals surface area contributed by atoms with Crippen LogP contribution in [0.4, 0.5) is 11.4 Å². The number of halogens is 1. The fraction of sp³-hybridized carbons (Fsp3) is 0.0714. The first-order valence-electron chi connectivity index (χ1n) is 5.87. The smallest absolute Gasteiger partial charge is 0.271 e. The lowest BCUT2D eigenvalue weighted by molar-refractivity contribution is -0.384. The van der Waals surface area contributed by atoms with Gasteiger partial charge in [-0.1, -0.05) is 40.2 Å². The van der Waals surface area contributed by atoms with Crippen molar-refractivity contribution < 1.29 is 4.92 Å². The van der Waals surface area contributed by atoms with Crippen LogP contribution in [0.1, 0.15) is 12.5 Å². The number of benzene rings is 2. The Morgan fingerprint density at radius 1 is 1.20 bits per heavy atom. The summed E-state index contributed by atoms with van der Waals surface area (Å²) in [7, 11) is 0. The van der Waals surface area contributed by atoms with Crippen molar-refractivity contribution in [3.05, 3.63) is 68.7 Å². The van der Waals surface area contributed by atoms with Crippen molar-refractivity contribution in [2.45, 2.75) is 6.92 Å². The summed E-state index contributed by atoms with van der Waals surface area (Å²) in [6.07, 6.45) is 0. The summed E-state index contributed by atoms with van der Waals surface area (Å²) in [6, 6.07) is 14.1. The minimum Gasteiger partial charge on any atom is -0.271 e. The van der Waals surface area contributed by atoms with Crippen LogP contribution < -0.4 is 5.43 Å². The lowest BCUT2D eigenvalue weighted by atomic mass is 10.1. The maximum absolute atomic E-state index is 10.9. The maximum atomic E-state index is 10.9. The van der Waals surface area contributed by atoms with Crippen LogP contribution in [0.25, 0.3) is 0 Å². The monoisotopic (exact) mass is 333 g/mol. The predicted octanol–water partition coefficient (Wildman–Crippen LogP) is 4.19. The molecular formula is C14H12BrN3O2. The van der Waals surface area contributed by atoms with Crippen molar-refractivity contribution in [2.75, 3.05) is 5.43 Å². The molecule has 0 aliphatic rings. The van der Waals surface area contributed by atoms with Crippen molar-refractivity contribution in [2.24, 2.45) is 5.10 Å². The Kier molecular flexibility index (Phi) is 4.47. The van der Waals surface area contributed by atoms with Crippen LogP contribution in [0.2, 0.25) is 0 Å². The minimum absolute atomic E-state index is 0.000133. The second-order valence-corrected chi connectivity index (χ2v) is 5.01. The van der Waals surface area contributed by atoms with E-state index in [9.17, 15) is 10.1 Å². The number of hydrogen-bond acceptors (Lipinski definition) is 4. The van der Waals surface area contributed by atoms with E-state index < -0.39 is 4.92 Å². The highest BCUT2D eigenvalue weighted by Crippen LogP contribution is 2.23. The summed E-state index contributed by atoms with van der Waals surface area (Å²) >= 11 is 3.37. The number of para-hydroxylation sites is 2. The van der Waals surface area contributed by atoms with Crippen LogP contribution in [-0.2, 0) is 0 Å². The quantitative estimate of drug-likeness (QED) is 0.518. The van der Waals surface area contributed by atoms with E-state index in [2.05, 4.69) is 26.5 Å². The molecule has 0 amide bonds. The van der Waals surface area contributed by atoms with E-state index in [0.29, 0.717) is 5.69 Å². The summed E-state index contributed by atoms with van der Waals surface area (Å²) in [4.78, 5) is 10.4. The van der Waals surface area contributed by atoms with Crippen LogP contribution in [0.3, 0.4) is 0 Å². The molecule has 2 aromatic rings. The van der Waals surface area contributed by atoms with Crippen LogP contribution in [0, 0.1) is 10.1 Å². The van der Waals surface area contributed by atoms with Gasteiger partial charge in [-0.3, -0.25) is 15.5 Å². The van der Waals surface area contributed by atoms with Crippen molar-refractivity contribution in [1.29, 1.82) is 0 Å². The summed E-state index contributed by atoms with van der Waals surface area (Å²) in [5.74, 6) is 0. The molecule has 1 N–H and O–H groups in total. The van der Waals surface area contributed by atoms with E-state index >= 15 is 0 Å². The van der Waals surface area contributed by atoms with Crippen LogP contribution >= 0.6 is 15.9 Å². The van der Waals surface area contributed by atoms with E-state index in [0.717, 1.165) is 15.7 Å². The Balaban J connectivity index is 2.21. The Labute approximate surface area is 124 Å². The molecule has 0 atom stereocenters. The van der Waals surface area contributed by atoms with Gasteiger partial charge in [0.05, 0.1) is 10.6 Å². The highest BCUT2D eigenvalue weighted by molar-refractivity contribution is 9.10. The Bertz CT molecular complexity index is 654. The number of nitro groups is 1. The van der Waals surface area contributed by atoms with Crippen LogP contribution in [0.5, 0.6) is 0 Å². The van der Waals surface area contributed by atoms with E-state index in [1.807, 2.05) is 31.2 Å². The lowest BCUT2D eigenvalue weighted by Gasteiger charge is -2.04. The molecule has 0 aromatic heterocycles. The van der Waals surface area contributed by atoms with Gasteiger partial charge in [-0.05, 0) is 30.7 Å². The fourth-order valence-corrected chi connectivity index (χ4v) is 1.89. The van der Waals surface area contributed by atoms with Gasteiger partial charge in [0.2, 0.25) is 0 Å². The zero-order valence-corrected chi connectivity index (χ0v) is 12.3. The Morgan fingerprint density at radius 3 is 2.50 bits per heavy atom. The topological polar surface area (TPSA) is 67.5 Å². The molecule has 0 fully saturated rings. The van der Waals surface area contributed by atoms with Crippen molar-refractivity contribution in [3.63, 3.8) is 0 Å². The largest absolute Gasteiger partial charge is 0.294 e. The number of anilines is 1. The normalized spacial score (nSPS) is 11.2. The molecule has 6 heteroatoms. The first kappa shape index (κ1) is 14.2. The van der Waals surface area contributed by atoms with E-state index in [1.54, 1.807) is 18.2 Å². The van der Waals surface area contributed by atoms with Gasteiger partial charge >= 0.3 is 0 Å². The molecule has 0 spiro atoms. The van der Waals surface area contributed by atoms with E-state index in [1.165, 1.54) is 6.07 Å². The molecule has 2 rings (SSSR count). The number of hydrazone groups is 1. The SMILES string of the molecule is CC(=NNc1ccccc1[N+](=O)[O-])c1ccc(Br)cc1. The first-order valence-corrected chi connectivity index (χ1v) is 6.67. The third-order valence-electron chi connectivity index (χ3n) is 2.71. The van der Waals surface area contributed by atoms with Gasteiger partial charge in [0.15, 0.2) is 0 Å². The standard InChI is InChI=1S/C14H12BrN3O2/c1-10(11-6-8-12(15)9-7-11)16-17-13-4-2-3-5-14(13)18(19)20/h2-9,17H,1H3. The molecule has 0 saturated carbocycles. The molecule has 0 radical (unpaired) electrons. The third kappa shape index (κ3) is 3.42. The van der Waals surface area contributed by atoms with E-state index in [4.69, 9.17) is 0 Å². The number of nitrogens with one attached hydrogen (secondary N) is 1. The summed E-state index contributed by atoms with van der Waals surface area (Å²) < 4.78 is 0.987. The molecule has 0 aliphatic heterocycles. The average molecular weight is 334 g/mol. The molecule has 0 bridgehead atoms. The number of nitro benzene ring substituents is 1. The first-order chi connectivity index (χ1) is 9.58. The zero-order chi connectivity index (χ0) is 14.5. The third-order valence-corrected chi connectivity index (χ3v) is 3.24. The van der Waals surface area contributed by atoms with Gasteiger partial charge in [0.1, 0.15) is 5.69 Å². The predicted molar refractivity (Wildman–Crippen MR) is 83.1 cm³/mol. The molecule has 0 heterocycles. The lowest BCUT2D eigenvalue weighted by Crippen LogP contribution is -2.01. The Morgan fingerprint density at radius 2 is 1.85 bits per heavy atom. The molecule has 102 valence electrons. The van der Waals surface area contributed by atoms with Gasteiger partial charge < -0.3 is 0 Å². The fourth-order valence-electron chi connectivity index (χ4n) is 1.63. The molecular weight excluding hydrogens is 322 g/mol. The van der Waals surface area contributed by atoms with E-state index in [-0.39, 0.29) is 5.69 Å². The molecule has 0 saturated heterocycles. The zero-order valence-electron chi connectivity index (χ0n) is 10.7. The summed E-state index contributed by atoms with van der Waals surface area (Å²) in [5, 5.41) is 15.1. The van der Waals surface area contributed by atoms with Crippen LogP contribution in [0.15, 0.2) is 58.1 Å². The average Bonchev–Trinajstić information content (AvgIpc) is 2.45. The number of rotatable bonds is 4. The van der Waals surface area contributed by atoms with Gasteiger partial charge in [0, 0.05) is 10.5 Å². The number of nitrogens with zero attached hydrogens (tertiary/aromatic N) is 2. The van der Waals surface area contributed by atoms with Gasteiger partial charge in [-0.2, -0.15) is 5.10 Å². The van der Waals surface area contributed by atoms with Gasteiger partial charge in [-0.25, -0.2) is 0 Å². The molecule has 2 aromatic carbocycles. The van der Waals surface area contributed by atoms with Gasteiger partial charge in [-0.15, -0.1) is 0 Å². The molecule has 20 heavy (non-hydrogen) atoms. The molecule has 0 unspecified atom stereocenters. The summed E-state index contributed by atoms with van der Waals surface area (Å²) in [5.41, 5.74) is 4.80.